The molecule has 4 heteroatoms. The molecule has 1 aliphatic rings. The predicted molar refractivity (Wildman–Crippen MR) is 89.8 cm³/mol. The van der Waals surface area contributed by atoms with Gasteiger partial charge in [-0.25, -0.2) is 4.39 Å². The van der Waals surface area contributed by atoms with Crippen molar-refractivity contribution in [3.8, 4) is 0 Å². The van der Waals surface area contributed by atoms with Crippen molar-refractivity contribution >= 4 is 22.8 Å². The number of furan rings is 1. The zero-order chi connectivity index (χ0) is 16.7. The van der Waals surface area contributed by atoms with Crippen molar-refractivity contribution in [2.45, 2.75) is 53.9 Å². The van der Waals surface area contributed by atoms with Crippen molar-refractivity contribution < 1.29 is 13.6 Å². The van der Waals surface area contributed by atoms with Crippen LogP contribution in [-0.4, -0.2) is 12.5 Å². The molecule has 0 aliphatic carbocycles. The van der Waals surface area contributed by atoms with Crippen LogP contribution >= 0.6 is 0 Å². The summed E-state index contributed by atoms with van der Waals surface area (Å²) in [6.07, 6.45) is 2.02. The number of hydrogen-bond acceptors (Lipinski definition) is 2. The summed E-state index contributed by atoms with van der Waals surface area (Å²) in [6, 6.07) is 5.13. The average Bonchev–Trinajstić information content (AvgIpc) is 3.18. The molecule has 0 unspecified atom stereocenters. The SMILES string of the molecule is CC.CC.CCc1ccc2oc(N3CCCC3=O)cc2c1F. The Morgan fingerprint density at radius 1 is 1.23 bits per heavy atom. The second-order valence-electron chi connectivity index (χ2n) is 4.54. The summed E-state index contributed by atoms with van der Waals surface area (Å²) in [6.45, 7) is 10.6. The third-order valence-electron chi connectivity index (χ3n) is 3.42. The third kappa shape index (κ3) is 3.49. The van der Waals surface area contributed by atoms with Crippen molar-refractivity contribution in [1.29, 1.82) is 0 Å². The molecule has 1 aliphatic heterocycles. The summed E-state index contributed by atoms with van der Waals surface area (Å²) < 4.78 is 19.7. The molecule has 0 saturated carbocycles. The Morgan fingerprint density at radius 2 is 1.91 bits per heavy atom. The summed E-state index contributed by atoms with van der Waals surface area (Å²) in [5.74, 6) is 0.265. The second kappa shape index (κ2) is 8.57. The number of hydrogen-bond donors (Lipinski definition) is 0. The van der Waals surface area contributed by atoms with Gasteiger partial charge in [-0.3, -0.25) is 9.69 Å². The van der Waals surface area contributed by atoms with Gasteiger partial charge in [-0.2, -0.15) is 0 Å². The summed E-state index contributed by atoms with van der Waals surface area (Å²) >= 11 is 0. The molecule has 2 aromatic rings. The van der Waals surface area contributed by atoms with Gasteiger partial charge in [-0.1, -0.05) is 40.7 Å². The Labute approximate surface area is 132 Å². The molecule has 3 nitrogen and oxygen atoms in total. The molecule has 0 N–H and O–H groups in total. The maximum absolute atomic E-state index is 14.1. The van der Waals surface area contributed by atoms with Crippen LogP contribution in [0.2, 0.25) is 0 Å². The van der Waals surface area contributed by atoms with E-state index >= 15 is 0 Å². The maximum Gasteiger partial charge on any atom is 0.229 e. The van der Waals surface area contributed by atoms with Crippen LogP contribution in [0.4, 0.5) is 10.3 Å². The number of carbonyl (C=O) groups excluding carboxylic acids is 1. The maximum atomic E-state index is 14.1. The average molecular weight is 307 g/mol. The summed E-state index contributed by atoms with van der Waals surface area (Å²) in [7, 11) is 0. The van der Waals surface area contributed by atoms with Gasteiger partial charge in [0.1, 0.15) is 11.4 Å². The highest BCUT2D eigenvalue weighted by Gasteiger charge is 2.25. The molecule has 1 aromatic carbocycles. The van der Waals surface area contributed by atoms with Crippen molar-refractivity contribution in [3.63, 3.8) is 0 Å². The first-order valence-corrected chi connectivity index (χ1v) is 8.22. The van der Waals surface area contributed by atoms with Gasteiger partial charge in [0.15, 0.2) is 0 Å². The fourth-order valence-electron chi connectivity index (χ4n) is 2.40. The van der Waals surface area contributed by atoms with Crippen molar-refractivity contribution in [2.75, 3.05) is 11.4 Å². The van der Waals surface area contributed by atoms with Crippen LogP contribution in [0.3, 0.4) is 0 Å². The standard InChI is InChI=1S/C14H14FNO2.2C2H6/c1-2-9-5-6-11-10(14(9)15)8-13(18-11)16-7-3-4-12(16)17;2*1-2/h5-6,8H,2-4,7H2,1H3;2*1-2H3. The molecule has 1 fully saturated rings. The van der Waals surface area contributed by atoms with Crippen LogP contribution in [0.15, 0.2) is 22.6 Å². The molecule has 1 aromatic heterocycles. The molecule has 0 atom stereocenters. The molecule has 2 heterocycles. The fraction of sp³-hybridized carbons (Fsp3) is 0.500. The molecule has 0 spiro atoms. The molecule has 122 valence electrons. The largest absolute Gasteiger partial charge is 0.440 e. The van der Waals surface area contributed by atoms with Crippen molar-refractivity contribution in [2.24, 2.45) is 0 Å². The van der Waals surface area contributed by atoms with Gasteiger partial charge in [-0.15, -0.1) is 0 Å². The van der Waals surface area contributed by atoms with Gasteiger partial charge in [0, 0.05) is 19.0 Å². The van der Waals surface area contributed by atoms with E-state index in [2.05, 4.69) is 0 Å². The van der Waals surface area contributed by atoms with Crippen LogP contribution in [0, 0.1) is 5.82 Å². The Hall–Kier alpha value is -1.84. The van der Waals surface area contributed by atoms with Gasteiger partial charge >= 0.3 is 0 Å². The lowest BCUT2D eigenvalue weighted by molar-refractivity contribution is -0.117. The number of carbonyl (C=O) groups is 1. The minimum absolute atomic E-state index is 0.0465. The number of fused-ring (bicyclic) bond motifs is 1. The van der Waals surface area contributed by atoms with E-state index in [0.29, 0.717) is 41.8 Å². The van der Waals surface area contributed by atoms with Crippen LogP contribution < -0.4 is 4.90 Å². The minimum Gasteiger partial charge on any atom is -0.440 e. The summed E-state index contributed by atoms with van der Waals surface area (Å²) in [5.41, 5.74) is 1.17. The number of aryl methyl sites for hydroxylation is 1. The molecular formula is C18H26FNO2. The smallest absolute Gasteiger partial charge is 0.229 e. The number of anilines is 1. The predicted octanol–water partition coefficient (Wildman–Crippen LogP) is 5.31. The molecular weight excluding hydrogens is 281 g/mol. The quantitative estimate of drug-likeness (QED) is 0.753. The Balaban J connectivity index is 0.000000561. The van der Waals surface area contributed by atoms with Gasteiger partial charge in [0.05, 0.1) is 5.39 Å². The number of halogens is 1. The van der Waals surface area contributed by atoms with Crippen molar-refractivity contribution in [3.05, 3.63) is 29.6 Å². The fourth-order valence-corrected chi connectivity index (χ4v) is 2.40. The Bertz CT molecular complexity index is 619. The molecule has 0 radical (unpaired) electrons. The number of benzene rings is 1. The van der Waals surface area contributed by atoms with E-state index < -0.39 is 0 Å². The van der Waals surface area contributed by atoms with E-state index in [1.165, 1.54) is 0 Å². The van der Waals surface area contributed by atoms with E-state index in [1.807, 2.05) is 34.6 Å². The van der Waals surface area contributed by atoms with Gasteiger partial charge in [-0.05, 0) is 24.5 Å². The van der Waals surface area contributed by atoms with Crippen LogP contribution in [0.5, 0.6) is 0 Å². The van der Waals surface area contributed by atoms with Gasteiger partial charge < -0.3 is 4.42 Å². The Morgan fingerprint density at radius 3 is 2.45 bits per heavy atom. The molecule has 0 bridgehead atoms. The van der Waals surface area contributed by atoms with E-state index in [0.717, 1.165) is 6.42 Å². The van der Waals surface area contributed by atoms with E-state index in [9.17, 15) is 9.18 Å². The van der Waals surface area contributed by atoms with E-state index in [4.69, 9.17) is 4.42 Å². The first-order chi connectivity index (χ1) is 10.7. The molecule has 22 heavy (non-hydrogen) atoms. The first kappa shape index (κ1) is 18.2. The lowest BCUT2D eigenvalue weighted by atomic mass is 10.1. The van der Waals surface area contributed by atoms with Gasteiger partial charge in [0.2, 0.25) is 11.8 Å². The number of amides is 1. The molecule has 1 saturated heterocycles. The minimum atomic E-state index is -0.239. The van der Waals surface area contributed by atoms with E-state index in [-0.39, 0.29) is 11.7 Å². The highest BCUT2D eigenvalue weighted by atomic mass is 19.1. The first-order valence-electron chi connectivity index (χ1n) is 8.22. The molecule has 1 amide bonds. The number of nitrogens with zero attached hydrogens (tertiary/aromatic N) is 1. The summed E-state index contributed by atoms with van der Waals surface area (Å²) in [4.78, 5) is 13.2. The highest BCUT2D eigenvalue weighted by Crippen LogP contribution is 2.31. The summed E-state index contributed by atoms with van der Waals surface area (Å²) in [5, 5.41) is 0.462. The van der Waals surface area contributed by atoms with Gasteiger partial charge in [0.25, 0.3) is 0 Å². The topological polar surface area (TPSA) is 33.5 Å². The lowest BCUT2D eigenvalue weighted by Gasteiger charge is -2.10. The van der Waals surface area contributed by atoms with E-state index in [1.54, 1.807) is 23.1 Å². The van der Waals surface area contributed by atoms with Crippen molar-refractivity contribution in [1.82, 2.24) is 0 Å². The zero-order valence-electron chi connectivity index (χ0n) is 14.2. The normalized spacial score (nSPS) is 13.5. The third-order valence-corrected chi connectivity index (χ3v) is 3.42. The Kier molecular flexibility index (Phi) is 7.09. The monoisotopic (exact) mass is 307 g/mol. The highest BCUT2D eigenvalue weighted by molar-refractivity contribution is 5.96. The second-order valence-corrected chi connectivity index (χ2v) is 4.54. The van der Waals surface area contributed by atoms with Crippen LogP contribution in [0.25, 0.3) is 11.0 Å². The lowest BCUT2D eigenvalue weighted by Crippen LogP contribution is -2.22. The molecule has 3 rings (SSSR count). The number of rotatable bonds is 2. The van der Waals surface area contributed by atoms with Crippen LogP contribution in [-0.2, 0) is 11.2 Å². The van der Waals surface area contributed by atoms with Crippen LogP contribution in [0.1, 0.15) is 53.0 Å². The zero-order valence-corrected chi connectivity index (χ0v) is 14.2.